The molecule has 4 aromatic carbocycles. The van der Waals surface area contributed by atoms with E-state index in [9.17, 15) is 0 Å². The molecule has 1 aliphatic carbocycles. The van der Waals surface area contributed by atoms with Gasteiger partial charge in [0, 0.05) is 10.4 Å². The van der Waals surface area contributed by atoms with Gasteiger partial charge in [0.25, 0.3) is 0 Å². The van der Waals surface area contributed by atoms with Crippen molar-refractivity contribution in [2.45, 2.75) is 25.7 Å². The molecule has 1 aliphatic rings. The summed E-state index contributed by atoms with van der Waals surface area (Å²) in [4.78, 5) is 0. The Morgan fingerprint density at radius 3 is 2.54 bits per heavy atom. The van der Waals surface area contributed by atoms with Crippen molar-refractivity contribution in [3.8, 4) is 0 Å². The zero-order valence-corrected chi connectivity index (χ0v) is 15.5. The van der Waals surface area contributed by atoms with E-state index in [0.29, 0.717) is 0 Å². The fourth-order valence-corrected chi connectivity index (χ4v) is 4.96. The van der Waals surface area contributed by atoms with Crippen LogP contribution in [-0.4, -0.2) is 0 Å². The lowest BCUT2D eigenvalue weighted by atomic mass is 9.78. The summed E-state index contributed by atoms with van der Waals surface area (Å²) in [6.45, 7) is 0. The third-order valence-electron chi connectivity index (χ3n) is 5.86. The molecule has 0 fully saturated rings. The van der Waals surface area contributed by atoms with Crippen molar-refractivity contribution in [2.24, 2.45) is 5.92 Å². The maximum absolute atomic E-state index is 6.74. The van der Waals surface area contributed by atoms with Gasteiger partial charge in [-0.2, -0.15) is 0 Å². The summed E-state index contributed by atoms with van der Waals surface area (Å²) < 4.78 is 0. The minimum Gasteiger partial charge on any atom is -0.0836 e. The highest BCUT2D eigenvalue weighted by molar-refractivity contribution is 6.38. The summed E-state index contributed by atoms with van der Waals surface area (Å²) in [5, 5.41) is 6.01. The molecule has 1 heteroatoms. The first-order valence-electron chi connectivity index (χ1n) is 9.45. The van der Waals surface area contributed by atoms with E-state index >= 15 is 0 Å². The number of fused-ring (bicyclic) bond motifs is 5. The van der Waals surface area contributed by atoms with Gasteiger partial charge in [-0.05, 0) is 70.5 Å². The molecule has 0 N–H and O–H groups in total. The van der Waals surface area contributed by atoms with Gasteiger partial charge in [0.05, 0.1) is 0 Å². The molecule has 0 saturated heterocycles. The topological polar surface area (TPSA) is 0 Å². The number of rotatable bonds is 2. The third-order valence-corrected chi connectivity index (χ3v) is 6.16. The molecule has 0 aromatic heterocycles. The Hall–Kier alpha value is -2.31. The van der Waals surface area contributed by atoms with Crippen LogP contribution in [0.1, 0.15) is 23.1 Å². The zero-order chi connectivity index (χ0) is 17.5. The predicted octanol–water partition coefficient (Wildman–Crippen LogP) is 6.99. The maximum atomic E-state index is 6.74. The zero-order valence-electron chi connectivity index (χ0n) is 14.7. The summed E-state index contributed by atoms with van der Waals surface area (Å²) in [6.07, 6.45) is 4.69. The van der Waals surface area contributed by atoms with Crippen molar-refractivity contribution in [1.82, 2.24) is 0 Å². The van der Waals surface area contributed by atoms with E-state index in [4.69, 9.17) is 11.6 Å². The molecule has 0 nitrogen and oxygen atoms in total. The molecule has 1 atom stereocenters. The molecule has 0 aliphatic heterocycles. The fourth-order valence-electron chi connectivity index (χ4n) is 4.63. The standard InChI is InChI=1S/C25H21Cl/c26-24-16-19-8-4-5-9-21(19)23-13-11-20-15-18(10-12-22(20)25(23)24)14-17-6-2-1-3-7-17/h1-9,11,13,16,18H,10,12,14-15H2. The van der Waals surface area contributed by atoms with Crippen LogP contribution in [0.3, 0.4) is 0 Å². The van der Waals surface area contributed by atoms with E-state index in [1.54, 1.807) is 0 Å². The largest absolute Gasteiger partial charge is 0.0836 e. The Morgan fingerprint density at radius 2 is 1.65 bits per heavy atom. The highest BCUT2D eigenvalue weighted by Crippen LogP contribution is 2.39. The summed E-state index contributed by atoms with van der Waals surface area (Å²) in [6, 6.07) is 26.2. The SMILES string of the molecule is Clc1cc2ccccc2c2ccc3c(c12)CCC(Cc1ccccc1)C3. The molecule has 0 spiro atoms. The minimum absolute atomic E-state index is 0.724. The van der Waals surface area contributed by atoms with Gasteiger partial charge in [0.2, 0.25) is 0 Å². The highest BCUT2D eigenvalue weighted by Gasteiger charge is 2.22. The molecule has 0 heterocycles. The molecule has 5 rings (SSSR count). The van der Waals surface area contributed by atoms with Gasteiger partial charge in [-0.1, -0.05) is 78.3 Å². The Kier molecular flexibility index (Phi) is 3.94. The van der Waals surface area contributed by atoms with Crippen LogP contribution in [0.5, 0.6) is 0 Å². The van der Waals surface area contributed by atoms with Crippen molar-refractivity contribution in [1.29, 1.82) is 0 Å². The van der Waals surface area contributed by atoms with E-state index < -0.39 is 0 Å². The Balaban J connectivity index is 1.57. The predicted molar refractivity (Wildman–Crippen MR) is 112 cm³/mol. The second-order valence-electron chi connectivity index (χ2n) is 7.50. The first-order chi connectivity index (χ1) is 12.8. The molecule has 0 saturated carbocycles. The van der Waals surface area contributed by atoms with Gasteiger partial charge in [0.15, 0.2) is 0 Å². The number of hydrogen-bond acceptors (Lipinski definition) is 0. The van der Waals surface area contributed by atoms with Crippen LogP contribution in [0, 0.1) is 5.92 Å². The molecule has 128 valence electrons. The molecule has 1 unspecified atom stereocenters. The summed E-state index contributed by atoms with van der Waals surface area (Å²) in [5.41, 5.74) is 4.41. The molecular weight excluding hydrogens is 336 g/mol. The smallest absolute Gasteiger partial charge is 0.0493 e. The summed E-state index contributed by atoms with van der Waals surface area (Å²) in [5.74, 6) is 0.724. The van der Waals surface area contributed by atoms with Crippen LogP contribution in [0.4, 0.5) is 0 Å². The average Bonchev–Trinajstić information content (AvgIpc) is 2.68. The van der Waals surface area contributed by atoms with Gasteiger partial charge in [-0.3, -0.25) is 0 Å². The van der Waals surface area contributed by atoms with E-state index in [1.807, 2.05) is 0 Å². The average molecular weight is 357 g/mol. The Labute approximate surface area is 159 Å². The summed E-state index contributed by atoms with van der Waals surface area (Å²) in [7, 11) is 0. The highest BCUT2D eigenvalue weighted by atomic mass is 35.5. The van der Waals surface area contributed by atoms with Crippen LogP contribution < -0.4 is 0 Å². The van der Waals surface area contributed by atoms with Gasteiger partial charge in [-0.15, -0.1) is 0 Å². The third kappa shape index (κ3) is 2.70. The second-order valence-corrected chi connectivity index (χ2v) is 7.91. The molecule has 4 aromatic rings. The maximum Gasteiger partial charge on any atom is 0.0493 e. The van der Waals surface area contributed by atoms with Gasteiger partial charge >= 0.3 is 0 Å². The van der Waals surface area contributed by atoms with Gasteiger partial charge in [0.1, 0.15) is 0 Å². The van der Waals surface area contributed by atoms with Crippen LogP contribution in [0.25, 0.3) is 21.5 Å². The first-order valence-corrected chi connectivity index (χ1v) is 9.83. The molecule has 26 heavy (non-hydrogen) atoms. The number of benzene rings is 4. The van der Waals surface area contributed by atoms with E-state index in [2.05, 4.69) is 72.8 Å². The second kappa shape index (κ2) is 6.45. The molecular formula is C25H21Cl. The lowest BCUT2D eigenvalue weighted by Crippen LogP contribution is -2.17. The summed E-state index contributed by atoms with van der Waals surface area (Å²) >= 11 is 6.74. The van der Waals surface area contributed by atoms with Gasteiger partial charge in [-0.25, -0.2) is 0 Å². The Bertz CT molecular complexity index is 1100. The van der Waals surface area contributed by atoms with Crippen LogP contribution in [-0.2, 0) is 19.3 Å². The minimum atomic E-state index is 0.724. The molecule has 0 radical (unpaired) electrons. The van der Waals surface area contributed by atoms with Crippen molar-refractivity contribution >= 4 is 33.1 Å². The van der Waals surface area contributed by atoms with Crippen molar-refractivity contribution < 1.29 is 0 Å². The lowest BCUT2D eigenvalue weighted by molar-refractivity contribution is 0.458. The van der Waals surface area contributed by atoms with Crippen LogP contribution >= 0.6 is 11.6 Å². The van der Waals surface area contributed by atoms with Gasteiger partial charge < -0.3 is 0 Å². The lowest BCUT2D eigenvalue weighted by Gasteiger charge is -2.26. The first kappa shape index (κ1) is 15.9. The monoisotopic (exact) mass is 356 g/mol. The van der Waals surface area contributed by atoms with Crippen molar-refractivity contribution in [3.63, 3.8) is 0 Å². The molecule has 0 bridgehead atoms. The number of hydrogen-bond donors (Lipinski definition) is 0. The van der Waals surface area contributed by atoms with Crippen molar-refractivity contribution in [2.75, 3.05) is 0 Å². The Morgan fingerprint density at radius 1 is 0.846 bits per heavy atom. The van der Waals surface area contributed by atoms with Crippen LogP contribution in [0.15, 0.2) is 72.8 Å². The van der Waals surface area contributed by atoms with E-state index in [1.165, 1.54) is 51.1 Å². The van der Waals surface area contributed by atoms with Crippen LogP contribution in [0.2, 0.25) is 5.02 Å². The van der Waals surface area contributed by atoms with E-state index in [-0.39, 0.29) is 0 Å². The molecule has 0 amide bonds. The number of aryl methyl sites for hydroxylation is 1. The fraction of sp³-hybridized carbons (Fsp3) is 0.200. The quantitative estimate of drug-likeness (QED) is 0.339. The normalized spacial score (nSPS) is 16.7. The number of halogens is 1. The van der Waals surface area contributed by atoms with Crippen molar-refractivity contribution in [3.05, 3.63) is 94.5 Å². The van der Waals surface area contributed by atoms with E-state index in [0.717, 1.165) is 23.8 Å².